The molecule has 0 aliphatic rings. The summed E-state index contributed by atoms with van der Waals surface area (Å²) in [4.78, 5) is 16.9. The topological polar surface area (TPSA) is 51.2 Å². The number of fused-ring (bicyclic) bond motifs is 1. The van der Waals surface area contributed by atoms with E-state index >= 15 is 0 Å². The molecule has 4 aromatic rings. The van der Waals surface area contributed by atoms with Crippen molar-refractivity contribution in [1.29, 1.82) is 0 Å². The van der Waals surface area contributed by atoms with Gasteiger partial charge in [-0.05, 0) is 48.5 Å². The SMILES string of the molecule is O=C(NCc1nc2ccccc2s1)c1ccc(Oc2ccccc2)cc1. The smallest absolute Gasteiger partial charge is 0.251 e. The van der Waals surface area contributed by atoms with E-state index in [1.54, 1.807) is 35.6 Å². The number of aromatic nitrogens is 1. The Balaban J connectivity index is 1.38. The number of amides is 1. The highest BCUT2D eigenvalue weighted by Gasteiger charge is 2.08. The summed E-state index contributed by atoms with van der Waals surface area (Å²) >= 11 is 1.59. The Kier molecular flexibility index (Phi) is 4.62. The van der Waals surface area contributed by atoms with Crippen molar-refractivity contribution >= 4 is 27.5 Å². The number of nitrogens with zero attached hydrogens (tertiary/aromatic N) is 1. The maximum atomic E-state index is 12.3. The summed E-state index contributed by atoms with van der Waals surface area (Å²) in [5.41, 5.74) is 1.55. The molecule has 0 saturated carbocycles. The Hall–Kier alpha value is -3.18. The van der Waals surface area contributed by atoms with Crippen LogP contribution in [0.25, 0.3) is 10.2 Å². The summed E-state index contributed by atoms with van der Waals surface area (Å²) in [6, 6.07) is 24.6. The van der Waals surface area contributed by atoms with E-state index in [0.717, 1.165) is 21.0 Å². The number of benzene rings is 3. The minimum atomic E-state index is -0.129. The highest BCUT2D eigenvalue weighted by molar-refractivity contribution is 7.18. The minimum absolute atomic E-state index is 0.129. The van der Waals surface area contributed by atoms with Gasteiger partial charge < -0.3 is 10.1 Å². The number of nitrogens with one attached hydrogen (secondary N) is 1. The molecule has 0 atom stereocenters. The lowest BCUT2D eigenvalue weighted by Gasteiger charge is -2.07. The lowest BCUT2D eigenvalue weighted by atomic mass is 10.2. The van der Waals surface area contributed by atoms with Gasteiger partial charge >= 0.3 is 0 Å². The van der Waals surface area contributed by atoms with Crippen molar-refractivity contribution in [1.82, 2.24) is 10.3 Å². The van der Waals surface area contributed by atoms with Crippen LogP contribution < -0.4 is 10.1 Å². The summed E-state index contributed by atoms with van der Waals surface area (Å²) < 4.78 is 6.86. The molecule has 26 heavy (non-hydrogen) atoms. The molecule has 0 aliphatic heterocycles. The number of carbonyl (C=O) groups is 1. The van der Waals surface area contributed by atoms with Crippen LogP contribution in [0.5, 0.6) is 11.5 Å². The van der Waals surface area contributed by atoms with Gasteiger partial charge in [-0.2, -0.15) is 0 Å². The highest BCUT2D eigenvalue weighted by atomic mass is 32.1. The molecule has 1 heterocycles. The molecule has 0 radical (unpaired) electrons. The third kappa shape index (κ3) is 3.73. The van der Waals surface area contributed by atoms with Crippen molar-refractivity contribution in [2.75, 3.05) is 0 Å². The molecule has 128 valence electrons. The van der Waals surface area contributed by atoms with Crippen molar-refractivity contribution in [2.45, 2.75) is 6.54 Å². The van der Waals surface area contributed by atoms with Gasteiger partial charge in [-0.3, -0.25) is 4.79 Å². The molecule has 1 N–H and O–H groups in total. The second-order valence-corrected chi connectivity index (χ2v) is 6.81. The molecule has 0 spiro atoms. The van der Waals surface area contributed by atoms with Crippen LogP contribution in [0, 0.1) is 0 Å². The van der Waals surface area contributed by atoms with Gasteiger partial charge in [-0.15, -0.1) is 11.3 Å². The van der Waals surface area contributed by atoms with Crippen LogP contribution in [-0.2, 0) is 6.54 Å². The Morgan fingerprint density at radius 2 is 1.58 bits per heavy atom. The molecule has 0 aliphatic carbocycles. The normalized spacial score (nSPS) is 10.6. The largest absolute Gasteiger partial charge is 0.457 e. The lowest BCUT2D eigenvalue weighted by molar-refractivity contribution is 0.0951. The van der Waals surface area contributed by atoms with Crippen LogP contribution in [0.15, 0.2) is 78.9 Å². The Morgan fingerprint density at radius 3 is 2.35 bits per heavy atom. The fourth-order valence-electron chi connectivity index (χ4n) is 2.55. The average Bonchev–Trinajstić information content (AvgIpc) is 3.10. The quantitative estimate of drug-likeness (QED) is 0.544. The van der Waals surface area contributed by atoms with Crippen LogP contribution in [0.2, 0.25) is 0 Å². The summed E-state index contributed by atoms with van der Waals surface area (Å²) in [7, 11) is 0. The van der Waals surface area contributed by atoms with Crippen molar-refractivity contribution in [3.8, 4) is 11.5 Å². The summed E-state index contributed by atoms with van der Waals surface area (Å²) in [6.07, 6.45) is 0. The van der Waals surface area contributed by atoms with Gasteiger partial charge in [-0.25, -0.2) is 4.98 Å². The predicted octanol–water partition coefficient (Wildman–Crippen LogP) is 5.02. The van der Waals surface area contributed by atoms with E-state index < -0.39 is 0 Å². The monoisotopic (exact) mass is 360 g/mol. The number of ether oxygens (including phenoxy) is 1. The van der Waals surface area contributed by atoms with E-state index in [-0.39, 0.29) is 5.91 Å². The zero-order valence-electron chi connectivity index (χ0n) is 13.9. The summed E-state index contributed by atoms with van der Waals surface area (Å²) in [5, 5.41) is 3.81. The van der Waals surface area contributed by atoms with Gasteiger partial charge in [0.15, 0.2) is 0 Å². The van der Waals surface area contributed by atoms with Gasteiger partial charge in [0, 0.05) is 5.56 Å². The first-order chi connectivity index (χ1) is 12.8. The van der Waals surface area contributed by atoms with Gasteiger partial charge in [-0.1, -0.05) is 30.3 Å². The molecular weight excluding hydrogens is 344 g/mol. The van der Waals surface area contributed by atoms with E-state index in [2.05, 4.69) is 10.3 Å². The van der Waals surface area contributed by atoms with Crippen molar-refractivity contribution in [2.24, 2.45) is 0 Å². The molecule has 1 amide bonds. The molecular formula is C21H16N2O2S. The molecule has 0 saturated heterocycles. The first-order valence-electron chi connectivity index (χ1n) is 8.23. The molecule has 4 nitrogen and oxygen atoms in total. The standard InChI is InChI=1S/C21H16N2O2S/c24-21(22-14-20-23-18-8-4-5-9-19(18)26-20)15-10-12-17(13-11-15)25-16-6-2-1-3-7-16/h1-13H,14H2,(H,22,24). The van der Waals surface area contributed by atoms with Crippen LogP contribution in [0.3, 0.4) is 0 Å². The van der Waals surface area contributed by atoms with E-state index in [1.807, 2.05) is 54.6 Å². The van der Waals surface area contributed by atoms with Crippen LogP contribution in [-0.4, -0.2) is 10.9 Å². The van der Waals surface area contributed by atoms with E-state index in [1.165, 1.54) is 0 Å². The zero-order valence-corrected chi connectivity index (χ0v) is 14.7. The Labute approximate surface area is 155 Å². The number of thiazole rings is 1. The zero-order chi connectivity index (χ0) is 17.8. The van der Waals surface area contributed by atoms with Crippen molar-refractivity contribution in [3.63, 3.8) is 0 Å². The van der Waals surface area contributed by atoms with Crippen LogP contribution in [0.1, 0.15) is 15.4 Å². The number of hydrogen-bond acceptors (Lipinski definition) is 4. The van der Waals surface area contributed by atoms with Crippen molar-refractivity contribution in [3.05, 3.63) is 89.4 Å². The van der Waals surface area contributed by atoms with Gasteiger partial charge in [0.25, 0.3) is 5.91 Å². The molecule has 0 unspecified atom stereocenters. The predicted molar refractivity (Wildman–Crippen MR) is 104 cm³/mol. The number of hydrogen-bond donors (Lipinski definition) is 1. The highest BCUT2D eigenvalue weighted by Crippen LogP contribution is 2.22. The Morgan fingerprint density at radius 1 is 0.885 bits per heavy atom. The maximum absolute atomic E-state index is 12.3. The van der Waals surface area contributed by atoms with E-state index in [0.29, 0.717) is 17.9 Å². The van der Waals surface area contributed by atoms with E-state index in [4.69, 9.17) is 4.74 Å². The van der Waals surface area contributed by atoms with Gasteiger partial charge in [0.05, 0.1) is 16.8 Å². The number of carbonyl (C=O) groups excluding carboxylic acids is 1. The fraction of sp³-hybridized carbons (Fsp3) is 0.0476. The second kappa shape index (κ2) is 7.37. The maximum Gasteiger partial charge on any atom is 0.251 e. The lowest BCUT2D eigenvalue weighted by Crippen LogP contribution is -2.22. The molecule has 3 aromatic carbocycles. The first-order valence-corrected chi connectivity index (χ1v) is 9.05. The third-order valence-corrected chi connectivity index (χ3v) is 4.87. The van der Waals surface area contributed by atoms with Crippen LogP contribution >= 0.6 is 11.3 Å². The van der Waals surface area contributed by atoms with Crippen LogP contribution in [0.4, 0.5) is 0 Å². The third-order valence-electron chi connectivity index (χ3n) is 3.83. The molecule has 5 heteroatoms. The number of rotatable bonds is 5. The molecule has 0 fully saturated rings. The molecule has 4 rings (SSSR count). The summed E-state index contributed by atoms with van der Waals surface area (Å²) in [6.45, 7) is 0.417. The molecule has 0 bridgehead atoms. The fourth-order valence-corrected chi connectivity index (χ4v) is 3.46. The molecule has 1 aromatic heterocycles. The summed E-state index contributed by atoms with van der Waals surface area (Å²) in [5.74, 6) is 1.33. The Bertz CT molecular complexity index is 994. The van der Waals surface area contributed by atoms with Crippen molar-refractivity contribution < 1.29 is 9.53 Å². The first kappa shape index (κ1) is 16.3. The average molecular weight is 360 g/mol. The van der Waals surface area contributed by atoms with E-state index in [9.17, 15) is 4.79 Å². The minimum Gasteiger partial charge on any atom is -0.457 e. The van der Waals surface area contributed by atoms with Gasteiger partial charge in [0.2, 0.25) is 0 Å². The van der Waals surface area contributed by atoms with Gasteiger partial charge in [0.1, 0.15) is 16.5 Å². The number of para-hydroxylation sites is 2. The second-order valence-electron chi connectivity index (χ2n) is 5.70.